The van der Waals surface area contributed by atoms with Gasteiger partial charge >= 0.3 is 6.18 Å². The predicted molar refractivity (Wildman–Crippen MR) is 159 cm³/mol. The Labute approximate surface area is 255 Å². The maximum atomic E-state index is 13.7. The second-order valence-corrected chi connectivity index (χ2v) is 12.0. The molecule has 0 unspecified atom stereocenters. The van der Waals surface area contributed by atoms with E-state index in [0.29, 0.717) is 64.8 Å². The molecule has 236 valence electrons. The molecule has 0 saturated carbocycles. The third-order valence-corrected chi connectivity index (χ3v) is 8.94. The van der Waals surface area contributed by atoms with Crippen molar-refractivity contribution in [1.82, 2.24) is 15.5 Å². The van der Waals surface area contributed by atoms with Crippen LogP contribution in [-0.2, 0) is 31.7 Å². The van der Waals surface area contributed by atoms with Crippen LogP contribution in [0.4, 0.5) is 18.9 Å². The number of halogens is 3. The smallest absolute Gasteiger partial charge is 0.381 e. The van der Waals surface area contributed by atoms with Gasteiger partial charge in [-0.2, -0.15) is 13.2 Å². The van der Waals surface area contributed by atoms with Crippen molar-refractivity contribution in [2.45, 2.75) is 56.8 Å². The number of nitrogens with zero attached hydrogens (tertiary/aromatic N) is 1. The van der Waals surface area contributed by atoms with E-state index in [9.17, 15) is 27.6 Å². The van der Waals surface area contributed by atoms with Gasteiger partial charge in [0.25, 0.3) is 0 Å². The summed E-state index contributed by atoms with van der Waals surface area (Å²) in [7, 11) is 0. The van der Waals surface area contributed by atoms with E-state index in [2.05, 4.69) is 28.1 Å². The highest BCUT2D eigenvalue weighted by Gasteiger charge is 2.41. The Morgan fingerprint density at radius 3 is 2.55 bits per heavy atom. The molecular weight excluding hydrogens is 573 g/mol. The Hall–Kier alpha value is -3.70. The molecule has 3 aliphatic rings. The van der Waals surface area contributed by atoms with E-state index in [4.69, 9.17) is 4.74 Å². The molecule has 3 N–H and O–H groups in total. The molecule has 0 aliphatic carbocycles. The summed E-state index contributed by atoms with van der Waals surface area (Å²) < 4.78 is 44.9. The molecule has 0 aromatic heterocycles. The molecule has 3 atom stereocenters. The molecule has 2 fully saturated rings. The van der Waals surface area contributed by atoms with E-state index in [1.807, 2.05) is 35.2 Å². The summed E-state index contributed by atoms with van der Waals surface area (Å²) in [4.78, 5) is 42.2. The van der Waals surface area contributed by atoms with Gasteiger partial charge in [0.15, 0.2) is 0 Å². The minimum absolute atomic E-state index is 0.00319. The van der Waals surface area contributed by atoms with Gasteiger partial charge in [0, 0.05) is 44.5 Å². The number of anilines is 1. The molecule has 2 saturated heterocycles. The maximum Gasteiger partial charge on any atom is 0.416 e. The molecule has 2 aromatic rings. The van der Waals surface area contributed by atoms with Crippen LogP contribution in [-0.4, -0.2) is 67.6 Å². The van der Waals surface area contributed by atoms with Crippen LogP contribution >= 0.6 is 0 Å². The normalized spacial score (nSPS) is 24.8. The zero-order chi connectivity index (χ0) is 31.2. The number of ether oxygens (including phenoxy) is 1. The molecule has 3 amide bonds. The number of likely N-dealkylation sites (tertiary alicyclic amines) is 1. The zero-order valence-corrected chi connectivity index (χ0v) is 24.6. The van der Waals surface area contributed by atoms with Crippen molar-refractivity contribution in [3.63, 3.8) is 0 Å². The van der Waals surface area contributed by atoms with Gasteiger partial charge in [-0.1, -0.05) is 48.6 Å². The highest BCUT2D eigenvalue weighted by molar-refractivity contribution is 5.92. The van der Waals surface area contributed by atoms with Crippen LogP contribution in [0.1, 0.15) is 43.2 Å². The lowest BCUT2D eigenvalue weighted by Crippen LogP contribution is -2.58. The van der Waals surface area contributed by atoms with Crippen molar-refractivity contribution in [3.05, 3.63) is 77.9 Å². The fraction of sp³-hybridized carbons (Fsp3) is 0.485. The highest BCUT2D eigenvalue weighted by atomic mass is 19.4. The van der Waals surface area contributed by atoms with Crippen LogP contribution in [0.5, 0.6) is 0 Å². The van der Waals surface area contributed by atoms with Gasteiger partial charge in [-0.25, -0.2) is 0 Å². The van der Waals surface area contributed by atoms with E-state index in [1.54, 1.807) is 0 Å². The van der Waals surface area contributed by atoms with E-state index in [-0.39, 0.29) is 36.0 Å². The van der Waals surface area contributed by atoms with Crippen LogP contribution in [0, 0.1) is 11.3 Å². The highest BCUT2D eigenvalue weighted by Crippen LogP contribution is 2.36. The van der Waals surface area contributed by atoms with Gasteiger partial charge in [-0.05, 0) is 61.8 Å². The monoisotopic (exact) mass is 612 g/mol. The third kappa shape index (κ3) is 8.06. The van der Waals surface area contributed by atoms with E-state index >= 15 is 0 Å². The van der Waals surface area contributed by atoms with Crippen molar-refractivity contribution in [1.29, 1.82) is 0 Å². The van der Waals surface area contributed by atoms with Crippen LogP contribution in [0.3, 0.4) is 0 Å². The third-order valence-electron chi connectivity index (χ3n) is 8.94. The number of carbonyl (C=O) groups excluding carboxylic acids is 3. The quantitative estimate of drug-likeness (QED) is 0.437. The molecule has 3 heterocycles. The lowest BCUT2D eigenvalue weighted by molar-refractivity contribution is -0.140. The maximum absolute atomic E-state index is 13.7. The Morgan fingerprint density at radius 1 is 1.02 bits per heavy atom. The Bertz CT molecular complexity index is 1340. The first-order valence-corrected chi connectivity index (χ1v) is 15.2. The van der Waals surface area contributed by atoms with Crippen LogP contribution in [0.25, 0.3) is 0 Å². The number of nitrogens with one attached hydrogen (secondary N) is 3. The SMILES string of the molecule is O=C(CN1CC[C@H]2NC(=O)[C@H](Cc3ccccc3)NC(=O)C3(CC=CC[C@H]2C1)CCOCC3)Nc1cccc(C(F)(F)F)c1. The first-order chi connectivity index (χ1) is 21.1. The molecule has 2 aromatic carbocycles. The zero-order valence-electron chi connectivity index (χ0n) is 24.6. The second kappa shape index (κ2) is 13.9. The number of fused-ring (bicyclic) bond motifs is 1. The summed E-state index contributed by atoms with van der Waals surface area (Å²) in [5, 5.41) is 8.88. The second-order valence-electron chi connectivity index (χ2n) is 12.0. The summed E-state index contributed by atoms with van der Waals surface area (Å²) in [6.07, 6.45) is 2.90. The van der Waals surface area contributed by atoms with Gasteiger partial charge in [-0.15, -0.1) is 0 Å². The molecule has 0 bridgehead atoms. The summed E-state index contributed by atoms with van der Waals surface area (Å²) in [5.74, 6) is -0.758. The molecule has 44 heavy (non-hydrogen) atoms. The topological polar surface area (TPSA) is 99.8 Å². The summed E-state index contributed by atoms with van der Waals surface area (Å²) in [5.41, 5.74) is -0.437. The van der Waals surface area contributed by atoms with Crippen LogP contribution in [0.15, 0.2) is 66.7 Å². The molecular formula is C33H39F3N4O4. The Morgan fingerprint density at radius 2 is 1.80 bits per heavy atom. The molecule has 1 spiro atoms. The number of amides is 3. The van der Waals surface area contributed by atoms with E-state index < -0.39 is 29.1 Å². The van der Waals surface area contributed by atoms with Crippen molar-refractivity contribution in [2.24, 2.45) is 11.3 Å². The lowest BCUT2D eigenvalue weighted by atomic mass is 9.75. The van der Waals surface area contributed by atoms with Crippen LogP contribution in [0.2, 0.25) is 0 Å². The summed E-state index contributed by atoms with van der Waals surface area (Å²) in [6.45, 7) is 2.05. The number of benzene rings is 2. The van der Waals surface area contributed by atoms with Gasteiger partial charge < -0.3 is 20.7 Å². The molecule has 11 heteroatoms. The van der Waals surface area contributed by atoms with Gasteiger partial charge in [-0.3, -0.25) is 19.3 Å². The minimum Gasteiger partial charge on any atom is -0.381 e. The predicted octanol–water partition coefficient (Wildman–Crippen LogP) is 4.32. The standard InChI is InChI=1S/C33H39F3N4O4/c34-33(35,36)25-10-6-11-26(20-25)37-29(41)22-40-16-12-27-24(21-40)9-4-5-13-32(14-17-44-18-15-32)31(43)39-28(30(42)38-27)19-23-7-2-1-3-8-23/h1-8,10-11,20,24,27-28H,9,12-19,21-22H2,(H,37,41)(H,38,42)(H,39,43)/t24-,27+,28-/m0/s1. The number of alkyl halides is 3. The number of carbonyl (C=O) groups is 3. The lowest BCUT2D eigenvalue weighted by Gasteiger charge is -2.40. The Kier molecular flexibility index (Phi) is 10.1. The largest absolute Gasteiger partial charge is 0.416 e. The molecule has 8 nitrogen and oxygen atoms in total. The van der Waals surface area contributed by atoms with Crippen molar-refractivity contribution >= 4 is 23.4 Å². The fourth-order valence-electron chi connectivity index (χ4n) is 6.38. The van der Waals surface area contributed by atoms with Crippen molar-refractivity contribution in [2.75, 3.05) is 38.2 Å². The number of piperidine rings is 1. The number of hydrogen-bond acceptors (Lipinski definition) is 5. The Balaban J connectivity index is 1.30. The van der Waals surface area contributed by atoms with Crippen LogP contribution < -0.4 is 16.0 Å². The van der Waals surface area contributed by atoms with Gasteiger partial charge in [0.2, 0.25) is 17.7 Å². The van der Waals surface area contributed by atoms with E-state index in [1.165, 1.54) is 12.1 Å². The number of hydrogen-bond donors (Lipinski definition) is 3. The van der Waals surface area contributed by atoms with Gasteiger partial charge in [0.1, 0.15) is 6.04 Å². The average molecular weight is 613 g/mol. The first kappa shape index (κ1) is 31.7. The fourth-order valence-corrected chi connectivity index (χ4v) is 6.38. The minimum atomic E-state index is -4.50. The molecule has 0 radical (unpaired) electrons. The van der Waals surface area contributed by atoms with E-state index in [0.717, 1.165) is 17.7 Å². The summed E-state index contributed by atoms with van der Waals surface area (Å²) >= 11 is 0. The molecule has 5 rings (SSSR count). The summed E-state index contributed by atoms with van der Waals surface area (Å²) in [6, 6.07) is 13.3. The van der Waals surface area contributed by atoms with Crippen molar-refractivity contribution in [3.8, 4) is 0 Å². The first-order valence-electron chi connectivity index (χ1n) is 15.2. The number of rotatable bonds is 5. The number of allylic oxidation sites excluding steroid dienone is 2. The van der Waals surface area contributed by atoms with Gasteiger partial charge in [0.05, 0.1) is 17.5 Å². The molecule has 3 aliphatic heterocycles. The van der Waals surface area contributed by atoms with Crippen molar-refractivity contribution < 1.29 is 32.3 Å². The average Bonchev–Trinajstić information content (AvgIpc) is 3.00.